The Bertz CT molecular complexity index is 2810. The van der Waals surface area contributed by atoms with E-state index in [2.05, 4.69) is 54.6 Å². The molecule has 0 spiro atoms. The zero-order valence-corrected chi connectivity index (χ0v) is 53.5. The van der Waals surface area contributed by atoms with E-state index in [1.54, 1.807) is 103 Å². The molecule has 4 aromatic carbocycles. The van der Waals surface area contributed by atoms with Crippen LogP contribution in [0, 0.1) is 41.4 Å². The molecule has 0 saturated carbocycles. The van der Waals surface area contributed by atoms with Gasteiger partial charge >= 0.3 is 23.9 Å². The molecule has 86 heavy (non-hydrogen) atoms. The van der Waals surface area contributed by atoms with Crippen LogP contribution in [0.4, 0.5) is 0 Å². The first kappa shape index (κ1) is 66.6. The molecular weight excluding hydrogens is 1120 g/mol. The fraction of sp³-hybridized carbons (Fsp3) is 0.588. The van der Waals surface area contributed by atoms with Crippen LogP contribution in [-0.4, -0.2) is 137 Å². The topological polar surface area (TPSA) is 199 Å². The summed E-state index contributed by atoms with van der Waals surface area (Å²) in [7, 11) is -2.68. The van der Waals surface area contributed by atoms with E-state index in [1.807, 2.05) is 59.7 Å². The molecule has 18 unspecified atom stereocenters. The van der Waals surface area contributed by atoms with Gasteiger partial charge in [0, 0.05) is 23.7 Å². The summed E-state index contributed by atoms with van der Waals surface area (Å²) in [4.78, 5) is 55.6. The number of carbonyl (C=O) groups is 4. The van der Waals surface area contributed by atoms with Crippen molar-refractivity contribution in [2.75, 3.05) is 13.2 Å². The van der Waals surface area contributed by atoms with Gasteiger partial charge in [0.15, 0.2) is 45.7 Å². The van der Waals surface area contributed by atoms with E-state index in [-0.39, 0.29) is 41.6 Å². The molecule has 1 N–H and O–H groups in total. The van der Waals surface area contributed by atoms with Gasteiger partial charge in [0.2, 0.25) is 0 Å². The van der Waals surface area contributed by atoms with Gasteiger partial charge in [0.25, 0.3) is 0 Å². The number of hydrogen-bond donors (Lipinski definition) is 1. The molecule has 4 aliphatic heterocycles. The van der Waals surface area contributed by atoms with Crippen LogP contribution < -0.4 is 0 Å². The molecule has 0 aliphatic carbocycles. The molecule has 20 atom stereocenters. The van der Waals surface area contributed by atoms with Gasteiger partial charge in [0.1, 0.15) is 25.4 Å². The second-order valence-electron chi connectivity index (χ2n) is 25.4. The Morgan fingerprint density at radius 2 is 0.837 bits per heavy atom. The van der Waals surface area contributed by atoms with Gasteiger partial charge in [-0.05, 0) is 84.4 Å². The minimum Gasteiger partial charge on any atom is -0.459 e. The predicted molar refractivity (Wildman–Crippen MR) is 323 cm³/mol. The van der Waals surface area contributed by atoms with Crippen molar-refractivity contribution in [1.29, 1.82) is 0 Å². The molecule has 4 heterocycles. The van der Waals surface area contributed by atoms with Crippen LogP contribution >= 0.6 is 0 Å². The quantitative estimate of drug-likeness (QED) is 0.0394. The molecule has 4 fully saturated rings. The number of benzene rings is 4. The lowest BCUT2D eigenvalue weighted by Gasteiger charge is -2.46. The third-order valence-electron chi connectivity index (χ3n) is 19.1. The van der Waals surface area contributed by atoms with Crippen molar-refractivity contribution in [3.05, 3.63) is 144 Å². The Kier molecular flexibility index (Phi) is 22.7. The van der Waals surface area contributed by atoms with E-state index in [0.717, 1.165) is 0 Å². The van der Waals surface area contributed by atoms with Gasteiger partial charge in [-0.3, -0.25) is 0 Å². The van der Waals surface area contributed by atoms with Crippen molar-refractivity contribution in [2.45, 2.75) is 200 Å². The first-order valence-corrected chi connectivity index (χ1v) is 33.8. The van der Waals surface area contributed by atoms with E-state index in [4.69, 9.17) is 56.5 Å². The van der Waals surface area contributed by atoms with Gasteiger partial charge in [-0.1, -0.05) is 169 Å². The van der Waals surface area contributed by atoms with Crippen LogP contribution in [0.3, 0.4) is 0 Å². The number of ether oxygens (including phenoxy) is 11. The molecule has 17 nitrogen and oxygen atoms in total. The molecule has 0 bridgehead atoms. The summed E-state index contributed by atoms with van der Waals surface area (Å²) in [6.45, 7) is 28.4. The van der Waals surface area contributed by atoms with Crippen molar-refractivity contribution in [2.24, 2.45) is 41.4 Å². The molecule has 4 aromatic rings. The third kappa shape index (κ3) is 15.2. The number of rotatable bonds is 24. The van der Waals surface area contributed by atoms with E-state index in [0.29, 0.717) is 29.5 Å². The highest BCUT2D eigenvalue weighted by Gasteiger charge is 2.59. The Labute approximate surface area is 509 Å². The van der Waals surface area contributed by atoms with Crippen LogP contribution in [0.1, 0.15) is 137 Å². The number of aliphatic hydroxyl groups is 1. The molecule has 18 heteroatoms. The summed E-state index contributed by atoms with van der Waals surface area (Å²) in [5.74, 6) is -4.64. The monoisotopic (exact) mass is 1210 g/mol. The highest BCUT2D eigenvalue weighted by Crippen LogP contribution is 2.48. The normalized spacial score (nSPS) is 32.0. The summed E-state index contributed by atoms with van der Waals surface area (Å²) in [6.07, 6.45) is -12.3. The van der Waals surface area contributed by atoms with Gasteiger partial charge in [-0.25, -0.2) is 19.2 Å². The molecule has 4 aliphatic rings. The lowest BCUT2D eigenvalue weighted by Crippen LogP contribution is -2.57. The van der Waals surface area contributed by atoms with E-state index < -0.39 is 142 Å². The first-order valence-electron chi connectivity index (χ1n) is 30.9. The summed E-state index contributed by atoms with van der Waals surface area (Å²) in [5, 5.41) is 11.6. The van der Waals surface area contributed by atoms with Crippen LogP contribution in [-0.2, 0) is 56.5 Å². The Balaban J connectivity index is 1.15. The van der Waals surface area contributed by atoms with E-state index in [1.165, 1.54) is 0 Å². The van der Waals surface area contributed by atoms with E-state index >= 15 is 0 Å². The molecular formula is C68H92O17Si. The maximum atomic E-state index is 14.4. The second kappa shape index (κ2) is 29.3. The summed E-state index contributed by atoms with van der Waals surface area (Å²) >= 11 is 0. The van der Waals surface area contributed by atoms with Crippen molar-refractivity contribution in [1.82, 2.24) is 0 Å². The minimum atomic E-state index is -2.68. The van der Waals surface area contributed by atoms with Crippen molar-refractivity contribution in [3.63, 3.8) is 0 Å². The lowest BCUT2D eigenvalue weighted by molar-refractivity contribution is -0.317. The number of esters is 4. The predicted octanol–water partition coefficient (Wildman–Crippen LogP) is 11.9. The molecule has 0 radical (unpaired) electrons. The standard InChI is InChI=1S/C68H92O17Si/c1-15-40(5)53-56(83-64-44(9)52(69)42(7)50(76-64)37-74-60(70)46-29-21-17-22-30-46)58(78-62(72)48-33-25-19-26-34-48)66(80-53)82-55-43(8)51(38-75-61(71)47-31-23-18-24-32-47)77-65(45(55)10)84-57-54(41(6)16-2)81-67(85-86(13,14)68(11,12)39(3)4)59(57)79-63(73)49-35-27-20-28-36-49/h17-36,39-45,50-59,64-67,69H,15-16,37-38H2,1-14H3/t40-,41-,42?,43?,44?,45?,50?,51?,52?,53?,54?,55?,56?,57?,58?,59?,64?,65?,66?,67?/m1/s1. The smallest absolute Gasteiger partial charge is 0.338 e. The van der Waals surface area contributed by atoms with Gasteiger partial charge < -0.3 is 61.6 Å². The molecule has 0 amide bonds. The van der Waals surface area contributed by atoms with E-state index in [9.17, 15) is 24.3 Å². The average molecular weight is 1210 g/mol. The van der Waals surface area contributed by atoms with Crippen molar-refractivity contribution >= 4 is 32.2 Å². The van der Waals surface area contributed by atoms with Gasteiger partial charge in [-0.2, -0.15) is 0 Å². The molecule has 4 saturated heterocycles. The van der Waals surface area contributed by atoms with Crippen LogP contribution in [0.5, 0.6) is 0 Å². The first-order chi connectivity index (χ1) is 41.0. The zero-order valence-electron chi connectivity index (χ0n) is 52.5. The maximum Gasteiger partial charge on any atom is 0.338 e. The Hall–Kier alpha value is -5.38. The molecule has 0 aromatic heterocycles. The number of aliphatic hydroxyl groups excluding tert-OH is 1. The van der Waals surface area contributed by atoms with Crippen LogP contribution in [0.25, 0.3) is 0 Å². The highest BCUT2D eigenvalue weighted by molar-refractivity contribution is 6.74. The Morgan fingerprint density at radius 3 is 1.24 bits per heavy atom. The van der Waals surface area contributed by atoms with Gasteiger partial charge in [-0.15, -0.1) is 0 Å². The molecule has 8 rings (SSSR count). The van der Waals surface area contributed by atoms with Crippen LogP contribution in [0.15, 0.2) is 121 Å². The fourth-order valence-corrected chi connectivity index (χ4v) is 14.2. The van der Waals surface area contributed by atoms with Crippen molar-refractivity contribution in [3.8, 4) is 0 Å². The minimum absolute atomic E-state index is 0.122. The SMILES string of the molecule is CC[C@@H](C)C1OC(OC2C(C)C(COC(=O)c3ccccc3)OC(OC3C(OC(=O)c4ccccc4)C(O[Si](C)(C)C(C)(C)C(C)C)OC3[C@H](C)CC)C2C)C(OC(=O)c2ccccc2)C1OC1OC(COC(=O)c2ccccc2)C(C)C(O)C1C. The lowest BCUT2D eigenvalue weighted by atomic mass is 9.85. The zero-order chi connectivity index (χ0) is 62.2. The fourth-order valence-electron chi connectivity index (χ4n) is 11.7. The average Bonchev–Trinajstić information content (AvgIpc) is 3.47. The Morgan fingerprint density at radius 1 is 0.477 bits per heavy atom. The van der Waals surface area contributed by atoms with Crippen LogP contribution in [0.2, 0.25) is 18.1 Å². The van der Waals surface area contributed by atoms with Gasteiger partial charge in [0.05, 0.1) is 58.9 Å². The largest absolute Gasteiger partial charge is 0.459 e. The van der Waals surface area contributed by atoms with Crippen molar-refractivity contribution < 1.29 is 80.8 Å². The second-order valence-corrected chi connectivity index (χ2v) is 30.0. The summed E-state index contributed by atoms with van der Waals surface area (Å²) in [5.41, 5.74) is 1.35. The summed E-state index contributed by atoms with van der Waals surface area (Å²) in [6, 6.07) is 34.7. The molecule has 470 valence electrons. The maximum absolute atomic E-state index is 14.4. The highest BCUT2D eigenvalue weighted by atomic mass is 28.4. The third-order valence-corrected chi connectivity index (χ3v) is 23.7. The summed E-state index contributed by atoms with van der Waals surface area (Å²) < 4.78 is 81.3. The number of hydrogen-bond acceptors (Lipinski definition) is 17. The number of carbonyl (C=O) groups excluding carboxylic acids is 4.